The summed E-state index contributed by atoms with van der Waals surface area (Å²) in [7, 11) is 0. The van der Waals surface area contributed by atoms with Crippen LogP contribution in [0.5, 0.6) is 0 Å². The molecule has 4 rings (SSSR count). The molecular weight excluding hydrogens is 440 g/mol. The molecule has 2 heterocycles. The molecule has 0 radical (unpaired) electrons. The minimum Gasteiger partial charge on any atom is -0.354 e. The molecule has 0 bridgehead atoms. The van der Waals surface area contributed by atoms with Gasteiger partial charge < -0.3 is 20.0 Å². The highest BCUT2D eigenvalue weighted by atomic mass is 16.2. The van der Waals surface area contributed by atoms with E-state index in [-0.39, 0.29) is 24.3 Å². The van der Waals surface area contributed by atoms with Crippen LogP contribution in [0.15, 0.2) is 54.6 Å². The highest BCUT2D eigenvalue weighted by molar-refractivity contribution is 5.97. The van der Waals surface area contributed by atoms with Gasteiger partial charge in [0.1, 0.15) is 12.1 Å². The van der Waals surface area contributed by atoms with Gasteiger partial charge in [0.15, 0.2) is 0 Å². The number of piperidine rings is 1. The second-order valence-corrected chi connectivity index (χ2v) is 9.98. The summed E-state index contributed by atoms with van der Waals surface area (Å²) in [5, 5.41) is 2.92. The Labute approximate surface area is 208 Å². The Morgan fingerprint density at radius 3 is 2.26 bits per heavy atom. The average molecular weight is 477 g/mol. The first-order valence-corrected chi connectivity index (χ1v) is 12.6. The van der Waals surface area contributed by atoms with Crippen molar-refractivity contribution in [2.45, 2.75) is 45.6 Å². The Morgan fingerprint density at radius 1 is 1.00 bits per heavy atom. The molecule has 1 spiro atoms. The Kier molecular flexibility index (Phi) is 7.43. The molecule has 2 aliphatic heterocycles. The van der Waals surface area contributed by atoms with Gasteiger partial charge >= 0.3 is 0 Å². The van der Waals surface area contributed by atoms with Crippen LogP contribution < -0.4 is 10.2 Å². The van der Waals surface area contributed by atoms with E-state index in [0.717, 1.165) is 12.1 Å². The lowest BCUT2D eigenvalue weighted by Crippen LogP contribution is -2.57. The molecule has 0 unspecified atom stereocenters. The maximum absolute atomic E-state index is 13.8. The molecule has 2 aromatic rings. The lowest BCUT2D eigenvalue weighted by molar-refractivity contribution is -0.137. The number of likely N-dealkylation sites (tertiary alicyclic amines) is 1. The quantitative estimate of drug-likeness (QED) is 0.666. The number of carbonyl (C=O) groups is 3. The van der Waals surface area contributed by atoms with E-state index < -0.39 is 5.54 Å². The standard InChI is InChI=1S/C28H36N4O3/c1-4-22-10-12-23(13-11-22)26(34)30-16-14-28(15-17-30)27(35)31(19-25(33)29-18-21(2)3)20-32(28)24-8-6-5-7-9-24/h5-13,21H,4,14-20H2,1-3H3,(H,29,33). The SMILES string of the molecule is CCc1ccc(C(=O)N2CCC3(CC2)C(=O)N(CC(=O)NCC(C)C)CN3c2ccccc2)cc1. The van der Waals surface area contributed by atoms with Crippen molar-refractivity contribution in [2.24, 2.45) is 5.92 Å². The number of hydrogen-bond donors (Lipinski definition) is 1. The normalized spacial score (nSPS) is 17.4. The molecule has 0 atom stereocenters. The maximum Gasteiger partial charge on any atom is 0.253 e. The van der Waals surface area contributed by atoms with Gasteiger partial charge in [-0.1, -0.05) is 51.1 Å². The van der Waals surface area contributed by atoms with Gasteiger partial charge in [-0.05, 0) is 55.0 Å². The first kappa shape index (κ1) is 24.8. The molecule has 0 aliphatic carbocycles. The van der Waals surface area contributed by atoms with E-state index in [2.05, 4.69) is 17.1 Å². The van der Waals surface area contributed by atoms with E-state index in [1.807, 2.05) is 73.3 Å². The van der Waals surface area contributed by atoms with Gasteiger partial charge in [0.05, 0.1) is 6.67 Å². The molecule has 0 aromatic heterocycles. The van der Waals surface area contributed by atoms with Crippen molar-refractivity contribution in [1.82, 2.24) is 15.1 Å². The van der Waals surface area contributed by atoms with Crippen molar-refractivity contribution in [3.05, 3.63) is 65.7 Å². The Morgan fingerprint density at radius 2 is 1.66 bits per heavy atom. The minimum atomic E-state index is -0.747. The highest BCUT2D eigenvalue weighted by Crippen LogP contribution is 2.39. The third kappa shape index (κ3) is 5.19. The van der Waals surface area contributed by atoms with Crippen LogP contribution in [0.4, 0.5) is 5.69 Å². The van der Waals surface area contributed by atoms with Crippen molar-refractivity contribution < 1.29 is 14.4 Å². The predicted octanol–water partition coefficient (Wildman–Crippen LogP) is 3.30. The van der Waals surface area contributed by atoms with Gasteiger partial charge in [-0.3, -0.25) is 14.4 Å². The summed E-state index contributed by atoms with van der Waals surface area (Å²) in [5.41, 5.74) is 2.09. The fourth-order valence-corrected chi connectivity index (χ4v) is 5.01. The van der Waals surface area contributed by atoms with Crippen molar-refractivity contribution in [1.29, 1.82) is 0 Å². The monoisotopic (exact) mass is 476 g/mol. The Bertz CT molecular complexity index is 1040. The molecule has 1 N–H and O–H groups in total. The van der Waals surface area contributed by atoms with Gasteiger partial charge in [-0.15, -0.1) is 0 Å². The summed E-state index contributed by atoms with van der Waals surface area (Å²) >= 11 is 0. The van der Waals surface area contributed by atoms with E-state index in [0.29, 0.717) is 50.6 Å². The van der Waals surface area contributed by atoms with Gasteiger partial charge in [0, 0.05) is 30.9 Å². The molecule has 3 amide bonds. The number of aryl methyl sites for hydroxylation is 1. The molecule has 7 heteroatoms. The zero-order valence-corrected chi connectivity index (χ0v) is 21.0. The first-order chi connectivity index (χ1) is 16.8. The third-order valence-corrected chi connectivity index (χ3v) is 7.11. The van der Waals surface area contributed by atoms with E-state index in [1.165, 1.54) is 5.56 Å². The summed E-state index contributed by atoms with van der Waals surface area (Å²) in [6.45, 7) is 8.17. The molecule has 186 valence electrons. The van der Waals surface area contributed by atoms with Gasteiger partial charge in [0.2, 0.25) is 5.91 Å². The average Bonchev–Trinajstić information content (AvgIpc) is 3.14. The van der Waals surface area contributed by atoms with Crippen LogP contribution >= 0.6 is 0 Å². The van der Waals surface area contributed by atoms with Crippen molar-refractivity contribution >= 4 is 23.4 Å². The molecule has 2 aromatic carbocycles. The Hall–Kier alpha value is -3.35. The van der Waals surface area contributed by atoms with Crippen LogP contribution in [0, 0.1) is 5.92 Å². The summed E-state index contributed by atoms with van der Waals surface area (Å²) in [5.74, 6) is 0.185. The number of nitrogens with one attached hydrogen (secondary N) is 1. The maximum atomic E-state index is 13.8. The second kappa shape index (κ2) is 10.5. The number of hydrogen-bond acceptors (Lipinski definition) is 4. The zero-order chi connectivity index (χ0) is 25.0. The van der Waals surface area contributed by atoms with Crippen LogP contribution in [-0.2, 0) is 16.0 Å². The van der Waals surface area contributed by atoms with Crippen molar-refractivity contribution in [2.75, 3.05) is 37.7 Å². The molecule has 2 saturated heterocycles. The zero-order valence-electron chi connectivity index (χ0n) is 21.0. The topological polar surface area (TPSA) is 73.0 Å². The molecule has 35 heavy (non-hydrogen) atoms. The van der Waals surface area contributed by atoms with Crippen molar-refractivity contribution in [3.8, 4) is 0 Å². The van der Waals surface area contributed by atoms with E-state index in [1.54, 1.807) is 4.90 Å². The number of carbonyl (C=O) groups excluding carboxylic acids is 3. The minimum absolute atomic E-state index is 0.00382. The first-order valence-electron chi connectivity index (χ1n) is 12.6. The highest BCUT2D eigenvalue weighted by Gasteiger charge is 2.54. The predicted molar refractivity (Wildman–Crippen MR) is 137 cm³/mol. The fraction of sp³-hybridized carbons (Fsp3) is 0.464. The molecule has 0 saturated carbocycles. The smallest absolute Gasteiger partial charge is 0.253 e. The van der Waals surface area contributed by atoms with Crippen LogP contribution in [-0.4, -0.2) is 65.9 Å². The number of rotatable bonds is 7. The Balaban J connectivity index is 1.51. The second-order valence-electron chi connectivity index (χ2n) is 9.98. The molecule has 2 aliphatic rings. The van der Waals surface area contributed by atoms with E-state index in [4.69, 9.17) is 0 Å². The third-order valence-electron chi connectivity index (χ3n) is 7.11. The number of amides is 3. The van der Waals surface area contributed by atoms with Gasteiger partial charge in [0.25, 0.3) is 11.8 Å². The molecular formula is C28H36N4O3. The van der Waals surface area contributed by atoms with Gasteiger partial charge in [-0.25, -0.2) is 0 Å². The molecule has 7 nitrogen and oxygen atoms in total. The number of benzene rings is 2. The van der Waals surface area contributed by atoms with Crippen LogP contribution in [0.2, 0.25) is 0 Å². The van der Waals surface area contributed by atoms with Crippen molar-refractivity contribution in [3.63, 3.8) is 0 Å². The lowest BCUT2D eigenvalue weighted by atomic mass is 9.85. The number of anilines is 1. The summed E-state index contributed by atoms with van der Waals surface area (Å²) < 4.78 is 0. The lowest BCUT2D eigenvalue weighted by Gasteiger charge is -2.43. The number of para-hydroxylation sites is 1. The molecule has 2 fully saturated rings. The van der Waals surface area contributed by atoms with Crippen LogP contribution in [0.25, 0.3) is 0 Å². The van der Waals surface area contributed by atoms with E-state index in [9.17, 15) is 14.4 Å². The largest absolute Gasteiger partial charge is 0.354 e. The number of nitrogens with zero attached hydrogens (tertiary/aromatic N) is 3. The van der Waals surface area contributed by atoms with Gasteiger partial charge in [-0.2, -0.15) is 0 Å². The summed E-state index contributed by atoms with van der Waals surface area (Å²) in [4.78, 5) is 45.1. The summed E-state index contributed by atoms with van der Waals surface area (Å²) in [6.07, 6.45) is 2.00. The fourth-order valence-electron chi connectivity index (χ4n) is 5.01. The summed E-state index contributed by atoms with van der Waals surface area (Å²) in [6, 6.07) is 17.7. The van der Waals surface area contributed by atoms with E-state index >= 15 is 0 Å². The van der Waals surface area contributed by atoms with Crippen LogP contribution in [0.1, 0.15) is 49.5 Å². The van der Waals surface area contributed by atoms with Crippen LogP contribution in [0.3, 0.4) is 0 Å².